The van der Waals surface area contributed by atoms with E-state index in [9.17, 15) is 4.79 Å². The molecule has 1 amide bonds. The minimum atomic E-state index is -0.540. The predicted octanol–water partition coefficient (Wildman–Crippen LogP) is 3.89. The molecule has 17 heavy (non-hydrogen) atoms. The molecule has 0 heterocycles. The van der Waals surface area contributed by atoms with E-state index in [0.717, 1.165) is 10.0 Å². The lowest BCUT2D eigenvalue weighted by atomic mass is 9.94. The Kier molecular flexibility index (Phi) is 5.02. The van der Waals surface area contributed by atoms with Crippen LogP contribution in [0.2, 0.25) is 0 Å². The molecule has 0 aliphatic rings. The lowest BCUT2D eigenvalue weighted by Gasteiger charge is -2.24. The van der Waals surface area contributed by atoms with Crippen LogP contribution in [0.4, 0.5) is 0 Å². The Morgan fingerprint density at radius 2 is 2.18 bits per heavy atom. The van der Waals surface area contributed by atoms with Crippen LogP contribution in [-0.2, 0) is 4.79 Å². The number of rotatable bonds is 4. The number of benzene rings is 1. The van der Waals surface area contributed by atoms with E-state index >= 15 is 0 Å². The van der Waals surface area contributed by atoms with Crippen molar-refractivity contribution in [2.24, 2.45) is 5.41 Å². The molecule has 0 saturated heterocycles. The molecule has 4 heteroatoms. The monoisotopic (exact) mass is 317 g/mol. The Morgan fingerprint density at radius 3 is 2.71 bits per heavy atom. The van der Waals surface area contributed by atoms with E-state index in [0.29, 0.717) is 5.88 Å². The van der Waals surface area contributed by atoms with Crippen molar-refractivity contribution in [2.75, 3.05) is 5.88 Å². The summed E-state index contributed by atoms with van der Waals surface area (Å²) in [5.41, 5.74) is 0.528. The van der Waals surface area contributed by atoms with Crippen molar-refractivity contribution in [2.45, 2.75) is 26.8 Å². The average Bonchev–Trinajstić information content (AvgIpc) is 2.28. The van der Waals surface area contributed by atoms with E-state index in [2.05, 4.69) is 21.2 Å². The minimum Gasteiger partial charge on any atom is -0.349 e. The van der Waals surface area contributed by atoms with Crippen LogP contribution in [0.15, 0.2) is 28.7 Å². The van der Waals surface area contributed by atoms with E-state index in [4.69, 9.17) is 11.6 Å². The molecule has 1 atom stereocenters. The van der Waals surface area contributed by atoms with E-state index in [1.54, 1.807) is 0 Å². The molecule has 0 aliphatic carbocycles. The maximum Gasteiger partial charge on any atom is 0.227 e. The molecule has 0 saturated carbocycles. The second kappa shape index (κ2) is 5.87. The fourth-order valence-electron chi connectivity index (χ4n) is 1.31. The summed E-state index contributed by atoms with van der Waals surface area (Å²) >= 11 is 9.19. The van der Waals surface area contributed by atoms with Gasteiger partial charge in [0, 0.05) is 10.4 Å². The Morgan fingerprint density at radius 1 is 1.53 bits per heavy atom. The van der Waals surface area contributed by atoms with Gasteiger partial charge < -0.3 is 5.32 Å². The van der Waals surface area contributed by atoms with Gasteiger partial charge in [-0.05, 0) is 38.5 Å². The number of nitrogens with one attached hydrogen (secondary N) is 1. The first-order chi connectivity index (χ1) is 7.86. The van der Waals surface area contributed by atoms with Crippen LogP contribution < -0.4 is 5.32 Å². The predicted molar refractivity (Wildman–Crippen MR) is 75.2 cm³/mol. The standard InChI is InChI=1S/C13H17BrClNO/c1-9(10-5-4-6-11(14)7-10)16-12(17)13(2,3)8-15/h4-7,9H,8H2,1-3H3,(H,16,17). The first-order valence-corrected chi connectivity index (χ1v) is 6.82. The molecule has 0 fully saturated rings. The minimum absolute atomic E-state index is 0.0255. The van der Waals surface area contributed by atoms with Crippen molar-refractivity contribution in [1.82, 2.24) is 5.32 Å². The second-order valence-electron chi connectivity index (χ2n) is 4.77. The van der Waals surface area contributed by atoms with Gasteiger partial charge in [0.05, 0.1) is 11.5 Å². The van der Waals surface area contributed by atoms with Crippen molar-refractivity contribution in [3.8, 4) is 0 Å². The lowest BCUT2D eigenvalue weighted by molar-refractivity contribution is -0.129. The topological polar surface area (TPSA) is 29.1 Å². The van der Waals surface area contributed by atoms with E-state index in [-0.39, 0.29) is 11.9 Å². The normalized spacial score (nSPS) is 13.2. The lowest BCUT2D eigenvalue weighted by Crippen LogP contribution is -2.39. The molecule has 1 aromatic carbocycles. The average molecular weight is 319 g/mol. The summed E-state index contributed by atoms with van der Waals surface area (Å²) in [6.07, 6.45) is 0. The quantitative estimate of drug-likeness (QED) is 0.838. The summed E-state index contributed by atoms with van der Waals surface area (Å²) in [5.74, 6) is 0.282. The summed E-state index contributed by atoms with van der Waals surface area (Å²) in [6.45, 7) is 5.63. The summed E-state index contributed by atoms with van der Waals surface area (Å²) in [4.78, 5) is 12.0. The van der Waals surface area contributed by atoms with Crippen molar-refractivity contribution >= 4 is 33.4 Å². The molecule has 0 aromatic heterocycles. The number of hydrogen-bond acceptors (Lipinski definition) is 1. The molecule has 94 valence electrons. The van der Waals surface area contributed by atoms with Gasteiger partial charge >= 0.3 is 0 Å². The first kappa shape index (κ1) is 14.5. The highest BCUT2D eigenvalue weighted by Gasteiger charge is 2.27. The van der Waals surface area contributed by atoms with Crippen LogP contribution in [0.1, 0.15) is 32.4 Å². The van der Waals surface area contributed by atoms with E-state index in [1.165, 1.54) is 0 Å². The highest BCUT2D eigenvalue weighted by molar-refractivity contribution is 9.10. The van der Waals surface area contributed by atoms with Crippen LogP contribution in [0.25, 0.3) is 0 Å². The highest BCUT2D eigenvalue weighted by atomic mass is 79.9. The molecule has 1 N–H and O–H groups in total. The molecule has 1 rings (SSSR count). The fraction of sp³-hybridized carbons (Fsp3) is 0.462. The zero-order chi connectivity index (χ0) is 13.1. The van der Waals surface area contributed by atoms with Gasteiger partial charge in [-0.25, -0.2) is 0 Å². The van der Waals surface area contributed by atoms with Gasteiger partial charge in [-0.15, -0.1) is 11.6 Å². The zero-order valence-corrected chi connectivity index (χ0v) is 12.6. The SMILES string of the molecule is CC(NC(=O)C(C)(C)CCl)c1cccc(Br)c1. The van der Waals surface area contributed by atoms with Gasteiger partial charge in [-0.2, -0.15) is 0 Å². The first-order valence-electron chi connectivity index (χ1n) is 5.49. The number of carbonyl (C=O) groups is 1. The molecular weight excluding hydrogens is 302 g/mol. The fourth-order valence-corrected chi connectivity index (χ4v) is 1.85. The van der Waals surface area contributed by atoms with Crippen molar-refractivity contribution in [3.63, 3.8) is 0 Å². The summed E-state index contributed by atoms with van der Waals surface area (Å²) < 4.78 is 1.01. The Labute approximate surface area is 116 Å². The largest absolute Gasteiger partial charge is 0.349 e. The van der Waals surface area contributed by atoms with Gasteiger partial charge in [0.2, 0.25) is 5.91 Å². The summed E-state index contributed by atoms with van der Waals surface area (Å²) in [6, 6.07) is 7.87. The summed E-state index contributed by atoms with van der Waals surface area (Å²) in [7, 11) is 0. The molecule has 0 bridgehead atoms. The molecular formula is C13H17BrClNO. The molecule has 0 aliphatic heterocycles. The summed E-state index contributed by atoms with van der Waals surface area (Å²) in [5, 5.41) is 2.97. The molecule has 0 radical (unpaired) electrons. The van der Waals surface area contributed by atoms with Crippen LogP contribution in [0.5, 0.6) is 0 Å². The van der Waals surface area contributed by atoms with Crippen LogP contribution in [-0.4, -0.2) is 11.8 Å². The molecule has 1 unspecified atom stereocenters. The Balaban J connectivity index is 2.73. The number of amides is 1. The Hall–Kier alpha value is -0.540. The molecule has 2 nitrogen and oxygen atoms in total. The maximum absolute atomic E-state index is 12.0. The van der Waals surface area contributed by atoms with Crippen molar-refractivity contribution < 1.29 is 4.79 Å². The van der Waals surface area contributed by atoms with Gasteiger partial charge in [0.25, 0.3) is 0 Å². The second-order valence-corrected chi connectivity index (χ2v) is 5.95. The van der Waals surface area contributed by atoms with Crippen LogP contribution >= 0.6 is 27.5 Å². The van der Waals surface area contributed by atoms with Gasteiger partial charge in [0.15, 0.2) is 0 Å². The van der Waals surface area contributed by atoms with Gasteiger partial charge in [-0.3, -0.25) is 4.79 Å². The Bertz CT molecular complexity index is 406. The van der Waals surface area contributed by atoms with Gasteiger partial charge in [0.1, 0.15) is 0 Å². The van der Waals surface area contributed by atoms with E-state index < -0.39 is 5.41 Å². The third kappa shape index (κ3) is 4.00. The number of alkyl halides is 1. The number of carbonyl (C=O) groups excluding carboxylic acids is 1. The third-order valence-corrected chi connectivity index (χ3v) is 3.81. The number of halogens is 2. The third-order valence-electron chi connectivity index (χ3n) is 2.65. The highest BCUT2D eigenvalue weighted by Crippen LogP contribution is 2.21. The zero-order valence-electron chi connectivity index (χ0n) is 10.3. The number of hydrogen-bond donors (Lipinski definition) is 1. The molecule has 0 spiro atoms. The smallest absolute Gasteiger partial charge is 0.227 e. The van der Waals surface area contributed by atoms with Crippen molar-refractivity contribution in [1.29, 1.82) is 0 Å². The van der Waals surface area contributed by atoms with Crippen LogP contribution in [0.3, 0.4) is 0 Å². The maximum atomic E-state index is 12.0. The molecule has 1 aromatic rings. The van der Waals surface area contributed by atoms with Crippen molar-refractivity contribution in [3.05, 3.63) is 34.3 Å². The van der Waals surface area contributed by atoms with Crippen LogP contribution in [0, 0.1) is 5.41 Å². The van der Waals surface area contributed by atoms with Gasteiger partial charge in [-0.1, -0.05) is 28.1 Å². The van der Waals surface area contributed by atoms with E-state index in [1.807, 2.05) is 45.0 Å².